The quantitative estimate of drug-likeness (QED) is 0.162. The van der Waals surface area contributed by atoms with Crippen molar-refractivity contribution in [3.8, 4) is 0 Å². The number of carbonyl (C=O) groups is 4. The molecule has 0 spiro atoms. The van der Waals surface area contributed by atoms with E-state index in [0.29, 0.717) is 0 Å². The highest BCUT2D eigenvalue weighted by Crippen LogP contribution is 2.40. The van der Waals surface area contributed by atoms with E-state index in [1.807, 2.05) is 41.5 Å². The molecule has 0 N–H and O–H groups in total. The summed E-state index contributed by atoms with van der Waals surface area (Å²) >= 11 is 12.5. The SMILES string of the molecule is COC(=O)/C=C(/O/C(=C(/C(=O)OC)C(C(=O)OC)=C1N(C(C)(C)C)C=CN1C(C)(C)C)c1ccc(Cl)c(Cl)c1)C(=O)OC. The number of benzene rings is 1. The van der Waals surface area contributed by atoms with Crippen LogP contribution in [0.15, 0.2) is 59.4 Å². The molecular formula is C30H36Cl2N2O9. The lowest BCUT2D eigenvalue weighted by atomic mass is 9.96. The van der Waals surface area contributed by atoms with Gasteiger partial charge in [0.25, 0.3) is 0 Å². The molecule has 43 heavy (non-hydrogen) atoms. The van der Waals surface area contributed by atoms with E-state index in [1.54, 1.807) is 22.2 Å². The molecule has 1 aliphatic rings. The molecule has 0 saturated carbocycles. The maximum Gasteiger partial charge on any atom is 0.374 e. The Bertz CT molecular complexity index is 1390. The van der Waals surface area contributed by atoms with Gasteiger partial charge in [-0.15, -0.1) is 0 Å². The molecule has 0 fully saturated rings. The summed E-state index contributed by atoms with van der Waals surface area (Å²) in [6, 6.07) is 4.21. The molecule has 1 aromatic carbocycles. The molecule has 2 rings (SSSR count). The van der Waals surface area contributed by atoms with Crippen molar-refractivity contribution in [1.29, 1.82) is 0 Å². The Balaban J connectivity index is 3.29. The molecule has 13 heteroatoms. The molecule has 1 aromatic rings. The molecule has 0 aliphatic carbocycles. The first-order valence-corrected chi connectivity index (χ1v) is 13.6. The normalized spacial score (nSPS) is 14.2. The largest absolute Gasteiger partial charge is 0.466 e. The number of nitrogens with zero attached hydrogens (tertiary/aromatic N) is 2. The molecule has 11 nitrogen and oxygen atoms in total. The Kier molecular flexibility index (Phi) is 11.5. The summed E-state index contributed by atoms with van der Waals surface area (Å²) in [7, 11) is 4.42. The van der Waals surface area contributed by atoms with Crippen LogP contribution in [0.3, 0.4) is 0 Å². The zero-order valence-electron chi connectivity index (χ0n) is 25.8. The van der Waals surface area contributed by atoms with Crippen LogP contribution in [0.2, 0.25) is 10.0 Å². The van der Waals surface area contributed by atoms with Gasteiger partial charge in [0.2, 0.25) is 5.76 Å². The summed E-state index contributed by atoms with van der Waals surface area (Å²) in [5.41, 5.74) is -1.85. The van der Waals surface area contributed by atoms with Gasteiger partial charge in [-0.2, -0.15) is 0 Å². The molecule has 1 heterocycles. The summed E-state index contributed by atoms with van der Waals surface area (Å²) < 4.78 is 25.8. The molecule has 0 radical (unpaired) electrons. The Morgan fingerprint density at radius 1 is 0.721 bits per heavy atom. The molecule has 0 saturated heterocycles. The van der Waals surface area contributed by atoms with Crippen LogP contribution in [0, 0.1) is 0 Å². The number of carbonyl (C=O) groups excluding carboxylic acids is 4. The first kappa shape index (κ1) is 35.2. The fourth-order valence-electron chi connectivity index (χ4n) is 3.93. The van der Waals surface area contributed by atoms with Crippen LogP contribution in [0.4, 0.5) is 0 Å². The predicted molar refractivity (Wildman–Crippen MR) is 160 cm³/mol. The Hall–Kier alpha value is -3.96. The lowest BCUT2D eigenvalue weighted by Crippen LogP contribution is -2.45. The summed E-state index contributed by atoms with van der Waals surface area (Å²) in [4.78, 5) is 56.0. The van der Waals surface area contributed by atoms with E-state index in [-0.39, 0.29) is 27.0 Å². The van der Waals surface area contributed by atoms with Crippen molar-refractivity contribution in [2.45, 2.75) is 52.6 Å². The molecular weight excluding hydrogens is 603 g/mol. The van der Waals surface area contributed by atoms with Crippen LogP contribution in [0.25, 0.3) is 5.76 Å². The highest BCUT2D eigenvalue weighted by Gasteiger charge is 2.42. The average molecular weight is 640 g/mol. The van der Waals surface area contributed by atoms with Crippen molar-refractivity contribution in [3.63, 3.8) is 0 Å². The van der Waals surface area contributed by atoms with E-state index >= 15 is 0 Å². The first-order valence-electron chi connectivity index (χ1n) is 12.9. The van der Waals surface area contributed by atoms with Gasteiger partial charge in [-0.25, -0.2) is 19.2 Å². The van der Waals surface area contributed by atoms with Crippen LogP contribution < -0.4 is 0 Å². The zero-order valence-corrected chi connectivity index (χ0v) is 27.3. The van der Waals surface area contributed by atoms with Crippen LogP contribution >= 0.6 is 23.2 Å². The highest BCUT2D eigenvalue weighted by atomic mass is 35.5. The van der Waals surface area contributed by atoms with Gasteiger partial charge < -0.3 is 33.5 Å². The molecule has 1 aliphatic heterocycles. The van der Waals surface area contributed by atoms with Gasteiger partial charge in [-0.3, -0.25) is 0 Å². The molecule has 0 unspecified atom stereocenters. The summed E-state index contributed by atoms with van der Waals surface area (Å²) in [6.45, 7) is 11.4. The van der Waals surface area contributed by atoms with Gasteiger partial charge in [0.05, 0.1) is 44.6 Å². The van der Waals surface area contributed by atoms with Crippen molar-refractivity contribution in [2.75, 3.05) is 28.4 Å². The average Bonchev–Trinajstić information content (AvgIpc) is 3.40. The molecule has 0 bridgehead atoms. The molecule has 0 amide bonds. The van der Waals surface area contributed by atoms with Crippen molar-refractivity contribution in [3.05, 3.63) is 75.0 Å². The zero-order chi connectivity index (χ0) is 32.9. The summed E-state index contributed by atoms with van der Waals surface area (Å²) in [5, 5.41) is 0.232. The Morgan fingerprint density at radius 3 is 1.65 bits per heavy atom. The second-order valence-electron chi connectivity index (χ2n) is 11.0. The predicted octanol–water partition coefficient (Wildman–Crippen LogP) is 5.19. The van der Waals surface area contributed by atoms with E-state index in [4.69, 9.17) is 42.1 Å². The van der Waals surface area contributed by atoms with Gasteiger partial charge in [0, 0.05) is 29.0 Å². The second kappa shape index (κ2) is 14.0. The Morgan fingerprint density at radius 2 is 1.23 bits per heavy atom. The minimum atomic E-state index is -1.09. The van der Waals surface area contributed by atoms with Crippen LogP contribution in [0.5, 0.6) is 0 Å². The maximum atomic E-state index is 13.8. The lowest BCUT2D eigenvalue weighted by Gasteiger charge is -2.41. The third kappa shape index (κ3) is 8.11. The third-order valence-electron chi connectivity index (χ3n) is 5.98. The second-order valence-corrected chi connectivity index (χ2v) is 11.8. The van der Waals surface area contributed by atoms with E-state index in [0.717, 1.165) is 34.5 Å². The Labute approximate surface area is 261 Å². The van der Waals surface area contributed by atoms with Gasteiger partial charge in [-0.05, 0) is 59.7 Å². The van der Waals surface area contributed by atoms with E-state index in [9.17, 15) is 19.2 Å². The number of ether oxygens (including phenoxy) is 5. The van der Waals surface area contributed by atoms with Crippen LogP contribution in [0.1, 0.15) is 47.1 Å². The third-order valence-corrected chi connectivity index (χ3v) is 6.72. The first-order chi connectivity index (χ1) is 19.9. The lowest BCUT2D eigenvalue weighted by molar-refractivity contribution is -0.141. The number of esters is 4. The van der Waals surface area contributed by atoms with Crippen LogP contribution in [-0.4, -0.2) is 73.2 Å². The summed E-state index contributed by atoms with van der Waals surface area (Å²) in [5.74, 6) is -4.83. The fraction of sp³-hybridized carbons (Fsp3) is 0.400. The van der Waals surface area contributed by atoms with Crippen molar-refractivity contribution >= 4 is 52.8 Å². The molecule has 234 valence electrons. The van der Waals surface area contributed by atoms with E-state index < -0.39 is 52.0 Å². The minimum Gasteiger partial charge on any atom is -0.466 e. The smallest absolute Gasteiger partial charge is 0.374 e. The number of rotatable bonds is 8. The molecule has 0 atom stereocenters. The van der Waals surface area contributed by atoms with Crippen molar-refractivity contribution < 1.29 is 42.9 Å². The minimum absolute atomic E-state index is 0.0588. The maximum absolute atomic E-state index is 13.8. The molecule has 0 aromatic heterocycles. The number of methoxy groups -OCH3 is 4. The van der Waals surface area contributed by atoms with Crippen molar-refractivity contribution in [2.24, 2.45) is 0 Å². The highest BCUT2D eigenvalue weighted by molar-refractivity contribution is 6.42. The number of hydrogen-bond donors (Lipinski definition) is 0. The number of hydrogen-bond acceptors (Lipinski definition) is 11. The van der Waals surface area contributed by atoms with Crippen molar-refractivity contribution in [1.82, 2.24) is 9.80 Å². The summed E-state index contributed by atoms with van der Waals surface area (Å²) in [6.07, 6.45) is 4.24. The van der Waals surface area contributed by atoms with E-state index in [1.165, 1.54) is 18.2 Å². The monoisotopic (exact) mass is 638 g/mol. The van der Waals surface area contributed by atoms with Gasteiger partial charge in [-0.1, -0.05) is 23.2 Å². The standard InChI is InChI=1S/C30H36Cl2N2O9/c1-29(2,3)33-13-14-34(30(4,5)6)25(33)23(28(38)42-10)22(27(37)41-9)24(17-11-12-18(31)19(32)15-17)43-20(26(36)40-8)16-21(35)39-7/h11-16H,1-10H3/b20-16+,24-22+. The van der Waals surface area contributed by atoms with E-state index in [2.05, 4.69) is 4.74 Å². The van der Waals surface area contributed by atoms with Crippen LogP contribution in [-0.2, 0) is 42.9 Å². The van der Waals surface area contributed by atoms with Gasteiger partial charge in [0.1, 0.15) is 17.0 Å². The number of halogens is 2. The van der Waals surface area contributed by atoms with Gasteiger partial charge >= 0.3 is 23.9 Å². The fourth-order valence-corrected chi connectivity index (χ4v) is 4.23. The topological polar surface area (TPSA) is 121 Å². The van der Waals surface area contributed by atoms with Gasteiger partial charge in [0.15, 0.2) is 5.76 Å².